The van der Waals surface area contributed by atoms with Gasteiger partial charge >= 0.3 is 0 Å². The van der Waals surface area contributed by atoms with Crippen LogP contribution in [0.4, 0.5) is 0 Å². The van der Waals surface area contributed by atoms with E-state index in [4.69, 9.17) is 9.29 Å². The highest BCUT2D eigenvalue weighted by atomic mass is 32.2. The lowest BCUT2D eigenvalue weighted by atomic mass is 10.3. The lowest BCUT2D eigenvalue weighted by Gasteiger charge is -2.01. The third-order valence-corrected chi connectivity index (χ3v) is 3.33. The summed E-state index contributed by atoms with van der Waals surface area (Å²) >= 11 is 1.62. The molecule has 4 nitrogen and oxygen atoms in total. The molecule has 0 amide bonds. The Kier molecular flexibility index (Phi) is 5.24. The molecule has 0 fully saturated rings. The predicted molar refractivity (Wildman–Crippen MR) is 59.6 cm³/mol. The van der Waals surface area contributed by atoms with Gasteiger partial charge in [0.05, 0.1) is 12.4 Å². The summed E-state index contributed by atoms with van der Waals surface area (Å²) in [5.74, 6) is -0.186. The second-order valence-corrected chi connectivity index (χ2v) is 5.53. The average molecular weight is 250 g/mol. The molecule has 1 rings (SSSR count). The fourth-order valence-electron chi connectivity index (χ4n) is 1.05. The Morgan fingerprint density at radius 3 is 2.80 bits per heavy atom. The zero-order chi connectivity index (χ0) is 11.1. The predicted octanol–water partition coefficient (Wildman–Crippen LogP) is 1.93. The minimum absolute atomic E-state index is 0.186. The van der Waals surface area contributed by atoms with Crippen molar-refractivity contribution < 1.29 is 17.7 Å². The molecule has 0 spiro atoms. The molecule has 86 valence electrons. The van der Waals surface area contributed by atoms with Gasteiger partial charge in [-0.2, -0.15) is 19.8 Å². The number of ether oxygens (including phenoxy) is 1. The lowest BCUT2D eigenvalue weighted by molar-refractivity contribution is 0.118. The molecule has 0 aliphatic carbocycles. The monoisotopic (exact) mass is 250 g/mol. The van der Waals surface area contributed by atoms with Crippen LogP contribution in [0.5, 0.6) is 0 Å². The van der Waals surface area contributed by atoms with E-state index < -0.39 is 10.1 Å². The van der Waals surface area contributed by atoms with Gasteiger partial charge in [-0.15, -0.1) is 0 Å². The van der Waals surface area contributed by atoms with Gasteiger partial charge < -0.3 is 4.74 Å². The molecule has 0 aromatic carbocycles. The Bertz CT molecular complexity index is 355. The van der Waals surface area contributed by atoms with E-state index in [1.165, 1.54) is 0 Å². The van der Waals surface area contributed by atoms with Gasteiger partial charge in [-0.1, -0.05) is 0 Å². The van der Waals surface area contributed by atoms with E-state index >= 15 is 0 Å². The van der Waals surface area contributed by atoms with Crippen molar-refractivity contribution in [2.45, 2.75) is 19.4 Å². The molecule has 0 saturated carbocycles. The summed E-state index contributed by atoms with van der Waals surface area (Å²) in [6.07, 6.45) is 1.08. The van der Waals surface area contributed by atoms with Gasteiger partial charge in [-0.25, -0.2) is 0 Å². The van der Waals surface area contributed by atoms with E-state index in [1.807, 2.05) is 16.8 Å². The molecule has 0 radical (unpaired) electrons. The Balaban J connectivity index is 1.99. The van der Waals surface area contributed by atoms with E-state index in [0.29, 0.717) is 26.1 Å². The molecule has 0 bridgehead atoms. The van der Waals surface area contributed by atoms with Crippen LogP contribution in [-0.4, -0.2) is 25.3 Å². The highest BCUT2D eigenvalue weighted by Crippen LogP contribution is 2.07. The maximum atomic E-state index is 10.4. The van der Waals surface area contributed by atoms with Crippen molar-refractivity contribution in [3.63, 3.8) is 0 Å². The van der Waals surface area contributed by atoms with Crippen LogP contribution in [0.15, 0.2) is 16.8 Å². The van der Waals surface area contributed by atoms with Crippen LogP contribution in [0.1, 0.15) is 18.4 Å². The largest absolute Gasteiger partial charge is 0.377 e. The molecule has 1 heterocycles. The standard InChI is InChI=1S/C9H14O4S2/c10-15(11,12)6-2-1-4-13-7-9-3-5-14-8-9/h3,5,8H,1-2,4,6-7H2,(H,10,11,12). The number of rotatable bonds is 7. The van der Waals surface area contributed by atoms with E-state index in [0.717, 1.165) is 5.56 Å². The highest BCUT2D eigenvalue weighted by molar-refractivity contribution is 7.85. The quantitative estimate of drug-likeness (QED) is 0.593. The molecular weight excluding hydrogens is 236 g/mol. The smallest absolute Gasteiger partial charge is 0.264 e. The van der Waals surface area contributed by atoms with Gasteiger partial charge in [0.15, 0.2) is 0 Å². The number of hydrogen-bond acceptors (Lipinski definition) is 4. The SMILES string of the molecule is O=S(=O)(O)CCCCOCc1ccsc1. The first kappa shape index (κ1) is 12.6. The van der Waals surface area contributed by atoms with E-state index in [2.05, 4.69) is 0 Å². The van der Waals surface area contributed by atoms with E-state index in [-0.39, 0.29) is 5.75 Å². The number of thiophene rings is 1. The van der Waals surface area contributed by atoms with Crippen LogP contribution in [0.2, 0.25) is 0 Å². The average Bonchev–Trinajstić information content (AvgIpc) is 2.61. The van der Waals surface area contributed by atoms with Gasteiger partial charge in [-0.3, -0.25) is 4.55 Å². The van der Waals surface area contributed by atoms with E-state index in [9.17, 15) is 8.42 Å². The van der Waals surface area contributed by atoms with Gasteiger partial charge in [0.25, 0.3) is 10.1 Å². The summed E-state index contributed by atoms with van der Waals surface area (Å²) in [5, 5.41) is 4.00. The minimum Gasteiger partial charge on any atom is -0.377 e. The van der Waals surface area contributed by atoms with Crippen LogP contribution in [0.3, 0.4) is 0 Å². The first-order chi connectivity index (χ1) is 7.08. The van der Waals surface area contributed by atoms with Crippen LogP contribution in [-0.2, 0) is 21.5 Å². The topological polar surface area (TPSA) is 63.6 Å². The van der Waals surface area contributed by atoms with Crippen LogP contribution < -0.4 is 0 Å². The molecule has 0 aliphatic rings. The summed E-state index contributed by atoms with van der Waals surface area (Å²) in [6.45, 7) is 1.08. The molecule has 1 aromatic heterocycles. The lowest BCUT2D eigenvalue weighted by Crippen LogP contribution is -2.05. The van der Waals surface area contributed by atoms with Gasteiger partial charge in [-0.05, 0) is 35.2 Å². The third-order valence-electron chi connectivity index (χ3n) is 1.79. The van der Waals surface area contributed by atoms with Crippen LogP contribution in [0, 0.1) is 0 Å². The first-order valence-electron chi connectivity index (χ1n) is 4.62. The van der Waals surface area contributed by atoms with Crippen LogP contribution >= 0.6 is 11.3 Å². The van der Waals surface area contributed by atoms with Crippen LogP contribution in [0.25, 0.3) is 0 Å². The molecular formula is C9H14O4S2. The number of hydrogen-bond donors (Lipinski definition) is 1. The van der Waals surface area contributed by atoms with E-state index in [1.54, 1.807) is 11.3 Å². The van der Waals surface area contributed by atoms with Crippen molar-refractivity contribution in [1.82, 2.24) is 0 Å². The molecule has 0 aliphatic heterocycles. The fourth-order valence-corrected chi connectivity index (χ4v) is 2.28. The molecule has 6 heteroatoms. The summed E-state index contributed by atoms with van der Waals surface area (Å²) in [6, 6.07) is 1.99. The van der Waals surface area contributed by atoms with Crippen molar-refractivity contribution in [3.05, 3.63) is 22.4 Å². The maximum absolute atomic E-state index is 10.4. The summed E-state index contributed by atoms with van der Waals surface area (Å²) < 4.78 is 34.5. The second kappa shape index (κ2) is 6.22. The highest BCUT2D eigenvalue weighted by Gasteiger charge is 2.02. The molecule has 15 heavy (non-hydrogen) atoms. The Hall–Kier alpha value is -0.430. The molecule has 0 unspecified atom stereocenters. The molecule has 0 saturated heterocycles. The zero-order valence-electron chi connectivity index (χ0n) is 8.26. The zero-order valence-corrected chi connectivity index (χ0v) is 9.89. The van der Waals surface area contributed by atoms with Gasteiger partial charge in [0, 0.05) is 6.61 Å². The molecule has 0 atom stereocenters. The molecule has 1 aromatic rings. The fraction of sp³-hybridized carbons (Fsp3) is 0.556. The summed E-state index contributed by atoms with van der Waals surface area (Å²) in [5.41, 5.74) is 1.13. The van der Waals surface area contributed by atoms with Crippen molar-refractivity contribution >= 4 is 21.5 Å². The van der Waals surface area contributed by atoms with Gasteiger partial charge in [0.2, 0.25) is 0 Å². The van der Waals surface area contributed by atoms with Crippen molar-refractivity contribution in [2.75, 3.05) is 12.4 Å². The molecule has 1 N–H and O–H groups in total. The van der Waals surface area contributed by atoms with Crippen molar-refractivity contribution in [2.24, 2.45) is 0 Å². The number of unbranched alkanes of at least 4 members (excludes halogenated alkanes) is 1. The van der Waals surface area contributed by atoms with Crippen molar-refractivity contribution in [1.29, 1.82) is 0 Å². The Morgan fingerprint density at radius 1 is 1.40 bits per heavy atom. The second-order valence-electron chi connectivity index (χ2n) is 3.18. The Morgan fingerprint density at radius 2 is 2.20 bits per heavy atom. The summed E-state index contributed by atoms with van der Waals surface area (Å²) in [7, 11) is -3.81. The maximum Gasteiger partial charge on any atom is 0.264 e. The minimum atomic E-state index is -3.81. The third kappa shape index (κ3) is 6.62. The normalized spacial score (nSPS) is 11.8. The van der Waals surface area contributed by atoms with Crippen molar-refractivity contribution in [3.8, 4) is 0 Å². The van der Waals surface area contributed by atoms with Gasteiger partial charge in [0.1, 0.15) is 0 Å². The first-order valence-corrected chi connectivity index (χ1v) is 7.17. The Labute approximate surface area is 93.6 Å². The summed E-state index contributed by atoms with van der Waals surface area (Å²) in [4.78, 5) is 0.